The predicted octanol–water partition coefficient (Wildman–Crippen LogP) is 3.17. The summed E-state index contributed by atoms with van der Waals surface area (Å²) in [5.41, 5.74) is 1.69. The molecule has 116 valence electrons. The molecule has 0 bridgehead atoms. The Kier molecular flexibility index (Phi) is 5.67. The molecule has 0 aliphatic carbocycles. The lowest BCUT2D eigenvalue weighted by atomic mass is 9.97. The van der Waals surface area contributed by atoms with Crippen LogP contribution in [0.15, 0.2) is 54.6 Å². The zero-order valence-corrected chi connectivity index (χ0v) is 12.5. The van der Waals surface area contributed by atoms with Crippen molar-refractivity contribution >= 4 is 5.91 Å². The number of hydrogen-bond donors (Lipinski definition) is 2. The number of carbonyl (C=O) groups is 1. The van der Waals surface area contributed by atoms with Crippen molar-refractivity contribution in [2.75, 3.05) is 6.54 Å². The largest absolute Gasteiger partial charge is 0.387 e. The molecular formula is C18H20FNO2. The van der Waals surface area contributed by atoms with E-state index >= 15 is 0 Å². The molecule has 2 N–H and O–H groups in total. The van der Waals surface area contributed by atoms with Crippen LogP contribution in [0.1, 0.15) is 36.5 Å². The highest BCUT2D eigenvalue weighted by Crippen LogP contribution is 2.18. The number of benzene rings is 2. The number of aliphatic hydroxyl groups is 1. The molecule has 0 saturated carbocycles. The molecule has 1 amide bonds. The van der Waals surface area contributed by atoms with Gasteiger partial charge < -0.3 is 10.4 Å². The second kappa shape index (κ2) is 7.71. The van der Waals surface area contributed by atoms with E-state index in [1.165, 1.54) is 24.3 Å². The highest BCUT2D eigenvalue weighted by molar-refractivity contribution is 5.76. The molecule has 4 heteroatoms. The lowest BCUT2D eigenvalue weighted by Gasteiger charge is -2.15. The van der Waals surface area contributed by atoms with Crippen LogP contribution in [0.5, 0.6) is 0 Å². The van der Waals surface area contributed by atoms with Gasteiger partial charge in [-0.2, -0.15) is 0 Å². The molecular weight excluding hydrogens is 281 g/mol. The second-order valence-corrected chi connectivity index (χ2v) is 5.39. The van der Waals surface area contributed by atoms with Gasteiger partial charge in [-0.05, 0) is 29.2 Å². The third-order valence-corrected chi connectivity index (χ3v) is 3.61. The van der Waals surface area contributed by atoms with Crippen molar-refractivity contribution in [2.24, 2.45) is 0 Å². The van der Waals surface area contributed by atoms with Gasteiger partial charge in [0.05, 0.1) is 6.10 Å². The Hall–Kier alpha value is -2.20. The maximum atomic E-state index is 12.8. The van der Waals surface area contributed by atoms with E-state index in [1.807, 2.05) is 37.3 Å². The summed E-state index contributed by atoms with van der Waals surface area (Å²) in [4.78, 5) is 11.9. The molecule has 0 aromatic heterocycles. The first-order valence-corrected chi connectivity index (χ1v) is 7.31. The molecule has 2 atom stereocenters. The summed E-state index contributed by atoms with van der Waals surface area (Å²) in [5.74, 6) is -0.349. The van der Waals surface area contributed by atoms with Gasteiger partial charge >= 0.3 is 0 Å². The summed E-state index contributed by atoms with van der Waals surface area (Å²) in [5, 5.41) is 12.7. The Bertz CT molecular complexity index is 598. The summed E-state index contributed by atoms with van der Waals surface area (Å²) in [6.07, 6.45) is -0.475. The summed E-state index contributed by atoms with van der Waals surface area (Å²) in [6, 6.07) is 15.4. The predicted molar refractivity (Wildman–Crippen MR) is 83.8 cm³/mol. The van der Waals surface area contributed by atoms with E-state index in [0.29, 0.717) is 12.0 Å². The van der Waals surface area contributed by atoms with Gasteiger partial charge in [0.25, 0.3) is 0 Å². The van der Waals surface area contributed by atoms with E-state index in [2.05, 4.69) is 5.32 Å². The van der Waals surface area contributed by atoms with Gasteiger partial charge in [-0.15, -0.1) is 0 Å². The van der Waals surface area contributed by atoms with E-state index in [1.54, 1.807) is 0 Å². The summed E-state index contributed by atoms with van der Waals surface area (Å²) < 4.78 is 12.8. The van der Waals surface area contributed by atoms with Crippen molar-refractivity contribution < 1.29 is 14.3 Å². The molecule has 0 spiro atoms. The van der Waals surface area contributed by atoms with E-state index in [4.69, 9.17) is 0 Å². The number of rotatable bonds is 6. The fourth-order valence-electron chi connectivity index (χ4n) is 2.26. The van der Waals surface area contributed by atoms with Crippen LogP contribution in [0.2, 0.25) is 0 Å². The van der Waals surface area contributed by atoms with Crippen LogP contribution in [0.4, 0.5) is 4.39 Å². The minimum atomic E-state index is -0.836. The van der Waals surface area contributed by atoms with Crippen molar-refractivity contribution in [3.05, 3.63) is 71.5 Å². The molecule has 2 aromatic carbocycles. The van der Waals surface area contributed by atoms with Crippen LogP contribution >= 0.6 is 0 Å². The number of halogens is 1. The molecule has 0 radical (unpaired) electrons. The first kappa shape index (κ1) is 16.2. The molecule has 0 aliphatic heterocycles. The highest BCUT2D eigenvalue weighted by atomic mass is 19.1. The maximum absolute atomic E-state index is 12.8. The van der Waals surface area contributed by atoms with Crippen molar-refractivity contribution in [1.29, 1.82) is 0 Å². The Balaban J connectivity index is 1.81. The van der Waals surface area contributed by atoms with Gasteiger partial charge in [0.15, 0.2) is 0 Å². The maximum Gasteiger partial charge on any atom is 0.220 e. The highest BCUT2D eigenvalue weighted by Gasteiger charge is 2.13. The molecule has 3 nitrogen and oxygen atoms in total. The van der Waals surface area contributed by atoms with Crippen molar-refractivity contribution in [3.8, 4) is 0 Å². The average molecular weight is 301 g/mol. The van der Waals surface area contributed by atoms with E-state index < -0.39 is 6.10 Å². The van der Waals surface area contributed by atoms with Crippen LogP contribution in [0.25, 0.3) is 0 Å². The van der Waals surface area contributed by atoms with Crippen LogP contribution in [0.3, 0.4) is 0 Å². The number of carbonyl (C=O) groups excluding carboxylic acids is 1. The van der Waals surface area contributed by atoms with E-state index in [-0.39, 0.29) is 24.2 Å². The summed E-state index contributed by atoms with van der Waals surface area (Å²) in [6.45, 7) is 2.11. The molecule has 0 heterocycles. The minimum Gasteiger partial charge on any atom is -0.387 e. The van der Waals surface area contributed by atoms with Gasteiger partial charge in [-0.3, -0.25) is 4.79 Å². The topological polar surface area (TPSA) is 49.3 Å². The molecule has 2 aromatic rings. The Morgan fingerprint density at radius 3 is 2.36 bits per heavy atom. The molecule has 0 saturated heterocycles. The first-order valence-electron chi connectivity index (χ1n) is 7.31. The van der Waals surface area contributed by atoms with Crippen LogP contribution in [0, 0.1) is 5.82 Å². The third kappa shape index (κ3) is 4.67. The second-order valence-electron chi connectivity index (χ2n) is 5.39. The average Bonchev–Trinajstić information content (AvgIpc) is 2.54. The quantitative estimate of drug-likeness (QED) is 0.861. The Morgan fingerprint density at radius 1 is 1.09 bits per heavy atom. The molecule has 2 rings (SSSR count). The zero-order chi connectivity index (χ0) is 15.9. The summed E-state index contributed by atoms with van der Waals surface area (Å²) >= 11 is 0. The van der Waals surface area contributed by atoms with Crippen LogP contribution in [-0.4, -0.2) is 17.6 Å². The standard InChI is InChI=1S/C18H20FNO2/c1-13(14-5-3-2-4-6-14)11-18(22)20-12-17(21)15-7-9-16(19)10-8-15/h2-10,13,17,21H,11-12H2,1H3,(H,20,22). The number of amides is 1. The molecule has 22 heavy (non-hydrogen) atoms. The van der Waals surface area contributed by atoms with Crippen LogP contribution < -0.4 is 5.32 Å². The zero-order valence-electron chi connectivity index (χ0n) is 12.5. The van der Waals surface area contributed by atoms with Crippen molar-refractivity contribution in [1.82, 2.24) is 5.32 Å². The van der Waals surface area contributed by atoms with Gasteiger partial charge in [-0.1, -0.05) is 49.4 Å². The lowest BCUT2D eigenvalue weighted by Crippen LogP contribution is -2.29. The van der Waals surface area contributed by atoms with Crippen molar-refractivity contribution in [3.63, 3.8) is 0 Å². The smallest absolute Gasteiger partial charge is 0.220 e. The lowest BCUT2D eigenvalue weighted by molar-refractivity contribution is -0.121. The minimum absolute atomic E-state index is 0.113. The fourth-order valence-corrected chi connectivity index (χ4v) is 2.26. The monoisotopic (exact) mass is 301 g/mol. The van der Waals surface area contributed by atoms with Gasteiger partial charge in [-0.25, -0.2) is 4.39 Å². The van der Waals surface area contributed by atoms with Gasteiger partial charge in [0.2, 0.25) is 5.91 Å². The summed E-state index contributed by atoms with van der Waals surface area (Å²) in [7, 11) is 0. The Morgan fingerprint density at radius 2 is 1.73 bits per heavy atom. The first-order chi connectivity index (χ1) is 10.6. The van der Waals surface area contributed by atoms with Gasteiger partial charge in [0, 0.05) is 13.0 Å². The number of nitrogens with one attached hydrogen (secondary N) is 1. The van der Waals surface area contributed by atoms with E-state index in [9.17, 15) is 14.3 Å². The fraction of sp³-hybridized carbons (Fsp3) is 0.278. The number of aliphatic hydroxyl groups excluding tert-OH is 1. The van der Waals surface area contributed by atoms with Gasteiger partial charge in [0.1, 0.15) is 5.82 Å². The van der Waals surface area contributed by atoms with Crippen molar-refractivity contribution in [2.45, 2.75) is 25.4 Å². The SMILES string of the molecule is CC(CC(=O)NCC(O)c1ccc(F)cc1)c1ccccc1. The van der Waals surface area contributed by atoms with E-state index in [0.717, 1.165) is 5.56 Å². The van der Waals surface area contributed by atoms with Crippen LogP contribution in [-0.2, 0) is 4.79 Å². The number of hydrogen-bond acceptors (Lipinski definition) is 2. The normalized spacial score (nSPS) is 13.4. The molecule has 0 fully saturated rings. The molecule has 2 unspecified atom stereocenters. The Labute approximate surface area is 129 Å². The molecule has 0 aliphatic rings. The third-order valence-electron chi connectivity index (χ3n) is 3.61.